The van der Waals surface area contributed by atoms with Gasteiger partial charge in [0.05, 0.1) is 22.2 Å². The van der Waals surface area contributed by atoms with Crippen LogP contribution in [0.25, 0.3) is 21.8 Å². The zero-order valence-electron chi connectivity index (χ0n) is 28.7. The summed E-state index contributed by atoms with van der Waals surface area (Å²) >= 11 is 0. The lowest BCUT2D eigenvalue weighted by atomic mass is 9.98. The van der Waals surface area contributed by atoms with E-state index in [0.717, 1.165) is 32.9 Å². The predicted octanol–water partition coefficient (Wildman–Crippen LogP) is 6.16. The zero-order chi connectivity index (χ0) is 35.5. The van der Waals surface area contributed by atoms with Gasteiger partial charge in [-0.25, -0.2) is 19.9 Å². The fraction of sp³-hybridized carbons (Fsp3) is 0.270. The topological polar surface area (TPSA) is 157 Å². The number of Topliss-reactive ketones (excluding diaryl/α,β-unsaturated/α-hetero) is 1. The molecule has 0 aliphatic rings. The van der Waals surface area contributed by atoms with Crippen molar-refractivity contribution in [3.8, 4) is 0 Å². The van der Waals surface area contributed by atoms with Gasteiger partial charge in [0, 0.05) is 66.3 Å². The largest absolute Gasteiger partial charge is 0.386 e. The number of hydrogen-bond acceptors (Lipinski definition) is 10. The Hall–Kier alpha value is -5.75. The van der Waals surface area contributed by atoms with Crippen LogP contribution in [-0.2, 0) is 18.7 Å². The number of aliphatic hydroxyl groups is 1. The maximum absolute atomic E-state index is 12.7. The molecular weight excluding hydrogens is 620 g/mol. The first-order valence-electron chi connectivity index (χ1n) is 16.0. The summed E-state index contributed by atoms with van der Waals surface area (Å²) in [5.41, 5.74) is 2.54. The first kappa shape index (κ1) is 34.6. The summed E-state index contributed by atoms with van der Waals surface area (Å²) in [6.07, 6.45) is 6.90. The molecule has 0 aromatic carbocycles. The van der Waals surface area contributed by atoms with Crippen LogP contribution in [0.1, 0.15) is 61.7 Å². The van der Waals surface area contributed by atoms with Crippen molar-refractivity contribution in [3.63, 3.8) is 0 Å². The lowest BCUT2D eigenvalue weighted by Gasteiger charge is -2.20. The smallest absolute Gasteiger partial charge is 0.261 e. The predicted molar refractivity (Wildman–Crippen MR) is 193 cm³/mol. The van der Waals surface area contributed by atoms with Crippen LogP contribution in [0.3, 0.4) is 0 Å². The van der Waals surface area contributed by atoms with Crippen LogP contribution in [0.2, 0.25) is 0 Å². The summed E-state index contributed by atoms with van der Waals surface area (Å²) < 4.78 is 3.24. The molecule has 12 heteroatoms. The summed E-state index contributed by atoms with van der Waals surface area (Å²) in [4.78, 5) is 54.2. The van der Waals surface area contributed by atoms with Crippen LogP contribution < -0.4 is 21.8 Å². The molecule has 49 heavy (non-hydrogen) atoms. The SMILES string of the molecule is CCn1c(=O)c(C(C)(C)O)cc2cnc(Nc3ccc(C)cn3)cc21.CCn1c(=O)c(C(C)=O)cc2cnc(Nc3ccc(C)cn3)cc21. The van der Waals surface area contributed by atoms with E-state index in [1.54, 1.807) is 66.0 Å². The number of ketones is 1. The van der Waals surface area contributed by atoms with E-state index < -0.39 is 5.60 Å². The lowest BCUT2D eigenvalue weighted by Crippen LogP contribution is -2.31. The van der Waals surface area contributed by atoms with Crippen molar-refractivity contribution in [2.24, 2.45) is 0 Å². The number of aromatic nitrogens is 6. The Morgan fingerprint density at radius 1 is 0.694 bits per heavy atom. The quantitative estimate of drug-likeness (QED) is 0.162. The molecule has 0 unspecified atom stereocenters. The molecule has 0 fully saturated rings. The van der Waals surface area contributed by atoms with E-state index in [1.165, 1.54) is 6.92 Å². The molecule has 12 nitrogen and oxygen atoms in total. The Labute approximate surface area is 283 Å². The second-order valence-corrected chi connectivity index (χ2v) is 12.3. The van der Waals surface area contributed by atoms with Crippen LogP contribution in [0, 0.1) is 13.8 Å². The standard InChI is InChI=1S/C19H22N4O2.C18H18N4O2/c1-5-23-15-9-17(22-16-7-6-12(2)10-20-16)21-11-13(15)8-14(18(23)24)19(3,4)25;1-4-22-15-8-17(21-16-6-5-11(2)9-19-16)20-10-13(15)7-14(12(3)23)18(22)24/h6-11,25H,5H2,1-4H3,(H,20,21,22);5-10H,4H2,1-3H3,(H,19,20,21). The Balaban J connectivity index is 0.000000191. The van der Waals surface area contributed by atoms with E-state index in [9.17, 15) is 19.5 Å². The van der Waals surface area contributed by atoms with Crippen molar-refractivity contribution in [2.75, 3.05) is 10.6 Å². The summed E-state index contributed by atoms with van der Waals surface area (Å²) in [6, 6.07) is 14.6. The molecule has 6 heterocycles. The summed E-state index contributed by atoms with van der Waals surface area (Å²) in [5.74, 6) is 2.34. The monoisotopic (exact) mass is 660 g/mol. The molecule has 0 spiro atoms. The number of carbonyl (C=O) groups excluding carboxylic acids is 1. The minimum Gasteiger partial charge on any atom is -0.386 e. The number of anilines is 4. The van der Waals surface area contributed by atoms with E-state index in [0.29, 0.717) is 41.9 Å². The van der Waals surface area contributed by atoms with Gasteiger partial charge in [0.15, 0.2) is 5.78 Å². The molecule has 0 saturated heterocycles. The van der Waals surface area contributed by atoms with Crippen LogP contribution in [0.15, 0.2) is 82.9 Å². The van der Waals surface area contributed by atoms with Crippen molar-refractivity contribution in [1.29, 1.82) is 0 Å². The Morgan fingerprint density at radius 2 is 1.14 bits per heavy atom. The molecule has 0 bridgehead atoms. The average molecular weight is 661 g/mol. The maximum atomic E-state index is 12.7. The third kappa shape index (κ3) is 7.71. The number of fused-ring (bicyclic) bond motifs is 2. The number of hydrogen-bond donors (Lipinski definition) is 3. The van der Waals surface area contributed by atoms with Gasteiger partial charge in [-0.1, -0.05) is 12.1 Å². The molecule has 6 aromatic heterocycles. The van der Waals surface area contributed by atoms with Gasteiger partial charge in [0.1, 0.15) is 23.3 Å². The molecule has 0 aliphatic carbocycles. The number of carbonyl (C=O) groups is 1. The summed E-state index contributed by atoms with van der Waals surface area (Å²) in [5, 5.41) is 18.1. The first-order chi connectivity index (χ1) is 23.3. The Bertz CT molecular complexity index is 2270. The molecule has 252 valence electrons. The second-order valence-electron chi connectivity index (χ2n) is 12.3. The molecule has 0 amide bonds. The highest BCUT2D eigenvalue weighted by Gasteiger charge is 2.22. The van der Waals surface area contributed by atoms with Crippen LogP contribution in [0.5, 0.6) is 0 Å². The van der Waals surface area contributed by atoms with Crippen molar-refractivity contribution in [3.05, 3.63) is 116 Å². The van der Waals surface area contributed by atoms with Crippen LogP contribution in [0.4, 0.5) is 23.3 Å². The zero-order valence-corrected chi connectivity index (χ0v) is 28.7. The molecular formula is C37H40N8O4. The Kier molecular flexibility index (Phi) is 9.99. The van der Waals surface area contributed by atoms with Crippen LogP contribution in [-0.4, -0.2) is 40.0 Å². The highest BCUT2D eigenvalue weighted by molar-refractivity contribution is 5.97. The van der Waals surface area contributed by atoms with Gasteiger partial charge in [0.2, 0.25) is 0 Å². The molecule has 6 rings (SSSR count). The van der Waals surface area contributed by atoms with Gasteiger partial charge >= 0.3 is 0 Å². The van der Waals surface area contributed by atoms with E-state index in [-0.39, 0.29) is 22.5 Å². The summed E-state index contributed by atoms with van der Waals surface area (Å²) in [7, 11) is 0. The summed E-state index contributed by atoms with van der Waals surface area (Å²) in [6.45, 7) is 13.3. The second kappa shape index (κ2) is 14.2. The average Bonchev–Trinajstić information content (AvgIpc) is 3.06. The van der Waals surface area contributed by atoms with Crippen molar-refractivity contribution >= 4 is 50.9 Å². The number of pyridine rings is 6. The number of nitrogens with zero attached hydrogens (tertiary/aromatic N) is 6. The fourth-order valence-electron chi connectivity index (χ4n) is 5.35. The van der Waals surface area contributed by atoms with E-state index in [1.807, 2.05) is 58.0 Å². The lowest BCUT2D eigenvalue weighted by molar-refractivity contribution is 0.0767. The van der Waals surface area contributed by atoms with E-state index in [4.69, 9.17) is 0 Å². The first-order valence-corrected chi connectivity index (χ1v) is 16.0. The number of rotatable bonds is 8. The minimum absolute atomic E-state index is 0.187. The molecule has 0 aliphatic heterocycles. The van der Waals surface area contributed by atoms with Gasteiger partial charge < -0.3 is 24.9 Å². The minimum atomic E-state index is -1.20. The van der Waals surface area contributed by atoms with Crippen molar-refractivity contribution in [1.82, 2.24) is 29.1 Å². The molecule has 0 saturated carbocycles. The highest BCUT2D eigenvalue weighted by atomic mass is 16.3. The number of nitrogens with one attached hydrogen (secondary N) is 2. The van der Waals surface area contributed by atoms with E-state index in [2.05, 4.69) is 30.6 Å². The van der Waals surface area contributed by atoms with Gasteiger partial charge in [-0.3, -0.25) is 14.4 Å². The van der Waals surface area contributed by atoms with Crippen LogP contribution >= 0.6 is 0 Å². The molecule has 0 radical (unpaired) electrons. The molecule has 0 atom stereocenters. The van der Waals surface area contributed by atoms with Gasteiger partial charge in [0.25, 0.3) is 11.1 Å². The number of aryl methyl sites for hydroxylation is 4. The third-order valence-corrected chi connectivity index (χ3v) is 7.96. The van der Waals surface area contributed by atoms with E-state index >= 15 is 0 Å². The highest BCUT2D eigenvalue weighted by Crippen LogP contribution is 2.24. The van der Waals surface area contributed by atoms with Gasteiger partial charge in [-0.2, -0.15) is 0 Å². The van der Waals surface area contributed by atoms with Gasteiger partial charge in [-0.05, 0) is 83.9 Å². The van der Waals surface area contributed by atoms with Crippen molar-refractivity contribution < 1.29 is 9.90 Å². The molecule has 6 aromatic rings. The fourth-order valence-corrected chi connectivity index (χ4v) is 5.35. The normalized spacial score (nSPS) is 11.3. The third-order valence-electron chi connectivity index (χ3n) is 7.96. The maximum Gasteiger partial charge on any atom is 0.261 e. The molecule has 3 N–H and O–H groups in total. The van der Waals surface area contributed by atoms with Gasteiger partial charge in [-0.15, -0.1) is 0 Å². The Morgan fingerprint density at radius 3 is 1.55 bits per heavy atom. The van der Waals surface area contributed by atoms with Crippen molar-refractivity contribution in [2.45, 2.75) is 67.2 Å².